The summed E-state index contributed by atoms with van der Waals surface area (Å²) in [6.07, 6.45) is 0. The molecule has 0 radical (unpaired) electrons. The molecular weight excluding hydrogens is 274 g/mol. The molecule has 0 saturated heterocycles. The second-order valence-corrected chi connectivity index (χ2v) is 5.06. The van der Waals surface area contributed by atoms with E-state index in [0.29, 0.717) is 11.3 Å². The Hall–Kier alpha value is -2.57. The van der Waals surface area contributed by atoms with Gasteiger partial charge in [-0.15, -0.1) is 0 Å². The lowest BCUT2D eigenvalue weighted by molar-refractivity contribution is -0.120. The lowest BCUT2D eigenvalue weighted by Gasteiger charge is -2.19. The Balaban J connectivity index is 2.85. The van der Waals surface area contributed by atoms with Crippen molar-refractivity contribution in [2.45, 2.75) is 26.8 Å². The van der Waals surface area contributed by atoms with Gasteiger partial charge in [0.1, 0.15) is 6.04 Å². The Kier molecular flexibility index (Phi) is 5.29. The number of primary amides is 1. The van der Waals surface area contributed by atoms with Crippen molar-refractivity contribution in [2.75, 3.05) is 5.32 Å². The van der Waals surface area contributed by atoms with Gasteiger partial charge in [-0.25, -0.2) is 9.59 Å². The minimum atomic E-state index is -1.09. The molecule has 114 valence electrons. The fraction of sp³-hybridized carbons (Fsp3) is 0.357. The predicted octanol–water partition coefficient (Wildman–Crippen LogP) is 1.32. The topological polar surface area (TPSA) is 122 Å². The van der Waals surface area contributed by atoms with E-state index in [1.54, 1.807) is 26.8 Å². The number of hydrogen-bond acceptors (Lipinski definition) is 3. The summed E-state index contributed by atoms with van der Waals surface area (Å²) < 4.78 is 0. The van der Waals surface area contributed by atoms with Crippen molar-refractivity contribution in [2.24, 2.45) is 11.7 Å². The number of carboxylic acids is 1. The number of carbonyl (C=O) groups excluding carboxylic acids is 2. The summed E-state index contributed by atoms with van der Waals surface area (Å²) in [5, 5.41) is 13.9. The molecule has 0 fully saturated rings. The zero-order valence-electron chi connectivity index (χ0n) is 12.1. The minimum Gasteiger partial charge on any atom is -0.478 e. The van der Waals surface area contributed by atoms with Gasteiger partial charge in [-0.1, -0.05) is 19.9 Å². The molecule has 0 saturated carbocycles. The average Bonchev–Trinajstić information content (AvgIpc) is 2.37. The molecule has 0 aliphatic heterocycles. The maximum Gasteiger partial charge on any atom is 0.335 e. The molecule has 0 aromatic heterocycles. The van der Waals surface area contributed by atoms with Crippen LogP contribution in [0.4, 0.5) is 10.5 Å². The van der Waals surface area contributed by atoms with Crippen LogP contribution in [0.15, 0.2) is 18.2 Å². The Morgan fingerprint density at radius 1 is 1.24 bits per heavy atom. The monoisotopic (exact) mass is 293 g/mol. The number of nitrogens with one attached hydrogen (secondary N) is 2. The van der Waals surface area contributed by atoms with Crippen molar-refractivity contribution in [1.29, 1.82) is 0 Å². The normalized spacial score (nSPS) is 11.8. The zero-order chi connectivity index (χ0) is 16.2. The number of anilines is 1. The quantitative estimate of drug-likeness (QED) is 0.654. The SMILES string of the molecule is Cc1ccc(C(=O)O)cc1NC(=O)NC(C(N)=O)C(C)C. The smallest absolute Gasteiger partial charge is 0.335 e. The van der Waals surface area contributed by atoms with Crippen LogP contribution >= 0.6 is 0 Å². The van der Waals surface area contributed by atoms with E-state index in [1.807, 2.05) is 0 Å². The molecule has 7 nitrogen and oxygen atoms in total. The highest BCUT2D eigenvalue weighted by atomic mass is 16.4. The molecular formula is C14H19N3O4. The second kappa shape index (κ2) is 6.74. The largest absolute Gasteiger partial charge is 0.478 e. The first kappa shape index (κ1) is 16.5. The van der Waals surface area contributed by atoms with E-state index in [1.165, 1.54) is 12.1 Å². The molecule has 1 aromatic carbocycles. The van der Waals surface area contributed by atoms with Crippen molar-refractivity contribution < 1.29 is 19.5 Å². The highest BCUT2D eigenvalue weighted by molar-refractivity contribution is 5.96. The number of aromatic carboxylic acids is 1. The number of amides is 3. The number of hydrogen-bond donors (Lipinski definition) is 4. The average molecular weight is 293 g/mol. The Morgan fingerprint density at radius 3 is 2.33 bits per heavy atom. The van der Waals surface area contributed by atoms with Gasteiger partial charge in [0.15, 0.2) is 0 Å². The molecule has 21 heavy (non-hydrogen) atoms. The number of aryl methyl sites for hydroxylation is 1. The van der Waals surface area contributed by atoms with Crippen LogP contribution in [-0.4, -0.2) is 29.1 Å². The van der Waals surface area contributed by atoms with Crippen LogP contribution in [-0.2, 0) is 4.79 Å². The summed E-state index contributed by atoms with van der Waals surface area (Å²) in [4.78, 5) is 34.0. The molecule has 0 spiro atoms. The molecule has 1 aromatic rings. The van der Waals surface area contributed by atoms with Gasteiger partial charge in [0.2, 0.25) is 5.91 Å². The first-order valence-corrected chi connectivity index (χ1v) is 6.43. The number of nitrogens with two attached hydrogens (primary N) is 1. The van der Waals surface area contributed by atoms with Gasteiger partial charge in [0.05, 0.1) is 5.56 Å². The van der Waals surface area contributed by atoms with E-state index in [2.05, 4.69) is 10.6 Å². The predicted molar refractivity (Wildman–Crippen MR) is 78.1 cm³/mol. The number of benzene rings is 1. The molecule has 0 aliphatic carbocycles. The lowest BCUT2D eigenvalue weighted by Crippen LogP contribution is -2.49. The van der Waals surface area contributed by atoms with Crippen molar-refractivity contribution in [3.63, 3.8) is 0 Å². The first-order chi connectivity index (χ1) is 9.72. The maximum atomic E-state index is 11.9. The number of urea groups is 1. The number of carbonyl (C=O) groups is 3. The van der Waals surface area contributed by atoms with Crippen LogP contribution in [0.1, 0.15) is 29.8 Å². The van der Waals surface area contributed by atoms with Crippen LogP contribution in [0.5, 0.6) is 0 Å². The summed E-state index contributed by atoms with van der Waals surface area (Å²) in [5.41, 5.74) is 6.34. The second-order valence-electron chi connectivity index (χ2n) is 5.06. The molecule has 0 aliphatic rings. The third-order valence-corrected chi connectivity index (χ3v) is 2.99. The first-order valence-electron chi connectivity index (χ1n) is 6.43. The maximum absolute atomic E-state index is 11.9. The molecule has 0 bridgehead atoms. The number of rotatable bonds is 5. The van der Waals surface area contributed by atoms with E-state index < -0.39 is 23.9 Å². The van der Waals surface area contributed by atoms with Gasteiger partial charge in [0, 0.05) is 5.69 Å². The van der Waals surface area contributed by atoms with Gasteiger partial charge in [0.25, 0.3) is 0 Å². The van der Waals surface area contributed by atoms with Gasteiger partial charge >= 0.3 is 12.0 Å². The molecule has 5 N–H and O–H groups in total. The molecule has 1 atom stereocenters. The molecule has 3 amide bonds. The van der Waals surface area contributed by atoms with Gasteiger partial charge in [-0.2, -0.15) is 0 Å². The van der Waals surface area contributed by atoms with Crippen LogP contribution in [0.25, 0.3) is 0 Å². The van der Waals surface area contributed by atoms with Crippen LogP contribution in [0.2, 0.25) is 0 Å². The van der Waals surface area contributed by atoms with Crippen molar-refractivity contribution in [3.05, 3.63) is 29.3 Å². The van der Waals surface area contributed by atoms with Crippen LogP contribution < -0.4 is 16.4 Å². The van der Waals surface area contributed by atoms with Crippen molar-refractivity contribution >= 4 is 23.6 Å². The summed E-state index contributed by atoms with van der Waals surface area (Å²) in [6, 6.07) is 2.98. The van der Waals surface area contributed by atoms with Gasteiger partial charge < -0.3 is 21.5 Å². The molecule has 0 heterocycles. The summed E-state index contributed by atoms with van der Waals surface area (Å²) in [6.45, 7) is 5.24. The fourth-order valence-corrected chi connectivity index (χ4v) is 1.76. The van der Waals surface area contributed by atoms with Crippen LogP contribution in [0.3, 0.4) is 0 Å². The lowest BCUT2D eigenvalue weighted by atomic mass is 10.0. The van der Waals surface area contributed by atoms with Gasteiger partial charge in [-0.3, -0.25) is 4.79 Å². The minimum absolute atomic E-state index is 0.0613. The third-order valence-electron chi connectivity index (χ3n) is 2.99. The summed E-state index contributed by atoms with van der Waals surface area (Å²) in [7, 11) is 0. The molecule has 1 unspecified atom stereocenters. The van der Waals surface area contributed by atoms with E-state index in [9.17, 15) is 14.4 Å². The van der Waals surface area contributed by atoms with Crippen LogP contribution in [0, 0.1) is 12.8 Å². The zero-order valence-corrected chi connectivity index (χ0v) is 12.1. The highest BCUT2D eigenvalue weighted by Crippen LogP contribution is 2.17. The summed E-state index contributed by atoms with van der Waals surface area (Å²) >= 11 is 0. The van der Waals surface area contributed by atoms with E-state index >= 15 is 0 Å². The highest BCUT2D eigenvalue weighted by Gasteiger charge is 2.21. The van der Waals surface area contributed by atoms with E-state index in [4.69, 9.17) is 10.8 Å². The van der Waals surface area contributed by atoms with E-state index in [0.717, 1.165) is 0 Å². The third kappa shape index (κ3) is 4.48. The van der Waals surface area contributed by atoms with E-state index in [-0.39, 0.29) is 11.5 Å². The van der Waals surface area contributed by atoms with Crippen molar-refractivity contribution in [1.82, 2.24) is 5.32 Å². The standard InChI is InChI=1S/C14H19N3O4/c1-7(2)11(12(15)18)17-14(21)16-10-6-9(13(19)20)5-4-8(10)3/h4-7,11H,1-3H3,(H2,15,18)(H,19,20)(H2,16,17,21). The Labute approximate surface area is 122 Å². The fourth-order valence-electron chi connectivity index (χ4n) is 1.76. The molecule has 7 heteroatoms. The summed E-state index contributed by atoms with van der Waals surface area (Å²) in [5.74, 6) is -1.87. The Bertz CT molecular complexity index is 569. The molecule has 1 rings (SSSR count). The Morgan fingerprint density at radius 2 is 1.86 bits per heavy atom. The van der Waals surface area contributed by atoms with Crippen molar-refractivity contribution in [3.8, 4) is 0 Å². The number of carboxylic acid groups (broad SMARTS) is 1. The van der Waals surface area contributed by atoms with Gasteiger partial charge in [-0.05, 0) is 30.5 Å².